The van der Waals surface area contributed by atoms with Gasteiger partial charge in [0.25, 0.3) is 0 Å². The highest BCUT2D eigenvalue weighted by Crippen LogP contribution is 2.16. The summed E-state index contributed by atoms with van der Waals surface area (Å²) in [6, 6.07) is -0.827. The Morgan fingerprint density at radius 2 is 0.714 bits per heavy atom. The van der Waals surface area contributed by atoms with Gasteiger partial charge in [-0.15, -0.1) is 0 Å². The minimum absolute atomic E-state index is 0.156. The molecular weight excluding hydrogens is 691 g/mol. The van der Waals surface area contributed by atoms with Crippen molar-refractivity contribution in [1.82, 2.24) is 5.32 Å². The van der Waals surface area contributed by atoms with Crippen molar-refractivity contribution < 1.29 is 20.1 Å². The zero-order valence-electron chi connectivity index (χ0n) is 37.8. The number of rotatable bonds is 46. The Morgan fingerprint density at radius 1 is 0.429 bits per heavy atom. The topological polar surface area (TPSA) is 89.8 Å². The smallest absolute Gasteiger partial charge is 0.220 e. The molecule has 0 aliphatic heterocycles. The van der Waals surface area contributed by atoms with Gasteiger partial charge >= 0.3 is 0 Å². The Morgan fingerprint density at radius 3 is 1.04 bits per heavy atom. The predicted molar refractivity (Wildman–Crippen MR) is 245 cm³/mol. The Labute approximate surface area is 350 Å². The van der Waals surface area contributed by atoms with Gasteiger partial charge in [-0.2, -0.15) is 0 Å². The van der Waals surface area contributed by atoms with Crippen molar-refractivity contribution in [3.63, 3.8) is 0 Å². The van der Waals surface area contributed by atoms with Crippen molar-refractivity contribution in [3.05, 3.63) is 24.3 Å². The van der Waals surface area contributed by atoms with Crippen LogP contribution in [0.4, 0.5) is 0 Å². The van der Waals surface area contributed by atoms with Crippen molar-refractivity contribution in [3.8, 4) is 0 Å². The number of aliphatic hydroxyl groups is 3. The third kappa shape index (κ3) is 41.0. The molecule has 3 unspecified atom stereocenters. The lowest BCUT2D eigenvalue weighted by Crippen LogP contribution is -2.50. The average molecular weight is 790 g/mol. The molecule has 4 N–H and O–H groups in total. The highest BCUT2D eigenvalue weighted by molar-refractivity contribution is 5.76. The number of hydrogen-bond acceptors (Lipinski definition) is 4. The summed E-state index contributed by atoms with van der Waals surface area (Å²) < 4.78 is 0. The first-order valence-corrected chi connectivity index (χ1v) is 25.1. The molecule has 0 aliphatic carbocycles. The fraction of sp³-hybridized carbons (Fsp3) is 0.902. The lowest BCUT2D eigenvalue weighted by molar-refractivity contribution is -0.124. The van der Waals surface area contributed by atoms with Crippen LogP contribution in [0.15, 0.2) is 24.3 Å². The molecule has 0 heterocycles. The molecule has 0 fully saturated rings. The number of hydrogen-bond donors (Lipinski definition) is 4. The Bertz CT molecular complexity index is 829. The summed E-state index contributed by atoms with van der Waals surface area (Å²) >= 11 is 0. The number of amides is 1. The fourth-order valence-corrected chi connectivity index (χ4v) is 7.86. The summed E-state index contributed by atoms with van der Waals surface area (Å²) in [6.45, 7) is 4.19. The maximum absolute atomic E-state index is 12.5. The molecule has 0 aromatic carbocycles. The van der Waals surface area contributed by atoms with Crippen molar-refractivity contribution in [2.75, 3.05) is 6.61 Å². The molecule has 1 amide bonds. The van der Waals surface area contributed by atoms with Gasteiger partial charge in [-0.3, -0.25) is 4.79 Å². The molecule has 0 saturated heterocycles. The van der Waals surface area contributed by atoms with Crippen molar-refractivity contribution >= 4 is 5.91 Å². The molecule has 3 atom stereocenters. The molecule has 5 nitrogen and oxygen atoms in total. The highest BCUT2D eigenvalue weighted by Gasteiger charge is 2.26. The van der Waals surface area contributed by atoms with Crippen LogP contribution < -0.4 is 5.32 Å². The van der Waals surface area contributed by atoms with E-state index in [2.05, 4.69) is 43.5 Å². The van der Waals surface area contributed by atoms with E-state index < -0.39 is 18.2 Å². The van der Waals surface area contributed by atoms with Crippen LogP contribution in [-0.2, 0) is 4.79 Å². The van der Waals surface area contributed by atoms with E-state index in [0.29, 0.717) is 12.8 Å². The zero-order valence-corrected chi connectivity index (χ0v) is 37.8. The summed E-state index contributed by atoms with van der Waals surface area (Å²) in [4.78, 5) is 12.5. The minimum atomic E-state index is -1.16. The molecule has 0 aromatic heterocycles. The first-order chi connectivity index (χ1) is 27.6. The SMILES string of the molecule is CCCCCCCCCCC/C=C\CCCCCCCCCC(=O)NC(CO)C(O)C(O)CCC/C=C/CCCCCCCCCCCCCCCCCCC. The summed E-state index contributed by atoms with van der Waals surface area (Å²) in [5.74, 6) is -0.156. The third-order valence-corrected chi connectivity index (χ3v) is 11.8. The van der Waals surface area contributed by atoms with Crippen LogP contribution in [0.2, 0.25) is 0 Å². The second-order valence-electron chi connectivity index (χ2n) is 17.4. The molecule has 0 bridgehead atoms. The zero-order chi connectivity index (χ0) is 40.8. The molecule has 332 valence electrons. The molecule has 0 aliphatic rings. The quantitative estimate of drug-likeness (QED) is 0.0365. The standard InChI is InChI=1S/C51H99NO4/c1-3-5-7-9-11-13-15-17-19-21-23-25-26-27-29-31-33-35-37-39-41-43-45-49(54)51(56)48(47-53)52-50(55)46-44-42-40-38-36-34-32-30-28-24-22-20-18-16-14-12-10-8-6-4-2/h24,28,37,39,48-49,51,53-54,56H,3-23,25-27,29-36,38,40-47H2,1-2H3,(H,52,55)/b28-24-,39-37+. The lowest BCUT2D eigenvalue weighted by Gasteiger charge is -2.26. The van der Waals surface area contributed by atoms with Gasteiger partial charge in [-0.1, -0.05) is 224 Å². The van der Waals surface area contributed by atoms with Crippen LogP contribution in [0.5, 0.6) is 0 Å². The lowest BCUT2D eigenvalue weighted by atomic mass is 10.0. The summed E-state index contributed by atoms with van der Waals surface area (Å²) in [5.41, 5.74) is 0. The van der Waals surface area contributed by atoms with Crippen molar-refractivity contribution in [1.29, 1.82) is 0 Å². The second-order valence-corrected chi connectivity index (χ2v) is 17.4. The maximum Gasteiger partial charge on any atom is 0.220 e. The number of unbranched alkanes of at least 4 members (excludes halogenated alkanes) is 34. The second kappa shape index (κ2) is 46.5. The first-order valence-electron chi connectivity index (χ1n) is 25.1. The molecule has 0 radical (unpaired) electrons. The summed E-state index contributed by atoms with van der Waals surface area (Å²) in [7, 11) is 0. The molecular formula is C51H99NO4. The normalized spacial score (nSPS) is 13.6. The van der Waals surface area contributed by atoms with E-state index in [1.54, 1.807) is 0 Å². The van der Waals surface area contributed by atoms with Gasteiger partial charge in [0.1, 0.15) is 6.10 Å². The van der Waals surface area contributed by atoms with E-state index in [4.69, 9.17) is 0 Å². The highest BCUT2D eigenvalue weighted by atomic mass is 16.3. The van der Waals surface area contributed by atoms with E-state index >= 15 is 0 Å². The number of allylic oxidation sites excluding steroid dienone is 4. The molecule has 0 saturated carbocycles. The molecule has 5 heteroatoms. The van der Waals surface area contributed by atoms with Crippen LogP contribution in [0.25, 0.3) is 0 Å². The molecule has 0 rings (SSSR count). The van der Waals surface area contributed by atoms with Gasteiger partial charge in [-0.25, -0.2) is 0 Å². The average Bonchev–Trinajstić information content (AvgIpc) is 3.20. The van der Waals surface area contributed by atoms with Crippen molar-refractivity contribution in [2.24, 2.45) is 0 Å². The largest absolute Gasteiger partial charge is 0.394 e. The number of carbonyl (C=O) groups excluding carboxylic acids is 1. The van der Waals surface area contributed by atoms with Gasteiger partial charge in [0.15, 0.2) is 0 Å². The van der Waals surface area contributed by atoms with Gasteiger partial charge in [-0.05, 0) is 64.2 Å². The van der Waals surface area contributed by atoms with E-state index in [1.807, 2.05) is 0 Å². The minimum Gasteiger partial charge on any atom is -0.394 e. The number of carbonyl (C=O) groups is 1. The Hall–Kier alpha value is -1.17. The Balaban J connectivity index is 3.61. The van der Waals surface area contributed by atoms with Crippen LogP contribution in [0.3, 0.4) is 0 Å². The van der Waals surface area contributed by atoms with E-state index in [1.165, 1.54) is 205 Å². The van der Waals surface area contributed by atoms with E-state index in [9.17, 15) is 20.1 Å². The van der Waals surface area contributed by atoms with Crippen LogP contribution >= 0.6 is 0 Å². The molecule has 0 aromatic rings. The van der Waals surface area contributed by atoms with Gasteiger partial charge < -0.3 is 20.6 Å². The summed E-state index contributed by atoms with van der Waals surface area (Å²) in [5, 5.41) is 33.6. The molecule has 0 spiro atoms. The van der Waals surface area contributed by atoms with Crippen LogP contribution in [-0.4, -0.2) is 46.1 Å². The number of nitrogens with one attached hydrogen (secondary N) is 1. The van der Waals surface area contributed by atoms with Gasteiger partial charge in [0.05, 0.1) is 18.8 Å². The van der Waals surface area contributed by atoms with Gasteiger partial charge in [0, 0.05) is 6.42 Å². The van der Waals surface area contributed by atoms with Crippen molar-refractivity contribution in [2.45, 2.75) is 289 Å². The Kier molecular flexibility index (Phi) is 45.5. The third-order valence-electron chi connectivity index (χ3n) is 11.8. The van der Waals surface area contributed by atoms with Crippen LogP contribution in [0.1, 0.15) is 271 Å². The first kappa shape index (κ1) is 54.8. The number of aliphatic hydroxyl groups excluding tert-OH is 3. The predicted octanol–water partition coefficient (Wildman–Crippen LogP) is 14.9. The monoisotopic (exact) mass is 790 g/mol. The van der Waals surface area contributed by atoms with E-state index in [0.717, 1.165) is 38.5 Å². The van der Waals surface area contributed by atoms with Gasteiger partial charge in [0.2, 0.25) is 5.91 Å². The fourth-order valence-electron chi connectivity index (χ4n) is 7.86. The van der Waals surface area contributed by atoms with Crippen LogP contribution in [0, 0.1) is 0 Å². The maximum atomic E-state index is 12.5. The van der Waals surface area contributed by atoms with E-state index in [-0.39, 0.29) is 12.5 Å². The summed E-state index contributed by atoms with van der Waals surface area (Å²) in [6.07, 6.45) is 57.4. The molecule has 56 heavy (non-hydrogen) atoms.